The molecule has 1 saturated heterocycles. The minimum absolute atomic E-state index is 0. The van der Waals surface area contributed by atoms with Crippen molar-refractivity contribution in [3.8, 4) is 0 Å². The van der Waals surface area contributed by atoms with E-state index in [1.54, 1.807) is 13.2 Å². The van der Waals surface area contributed by atoms with E-state index in [-0.39, 0.29) is 29.8 Å². The highest BCUT2D eigenvalue weighted by molar-refractivity contribution is 5.92. The summed E-state index contributed by atoms with van der Waals surface area (Å²) < 4.78 is 9.94. The number of carbonyl (C=O) groups excluding carboxylic acids is 1. The molecule has 1 aromatic heterocycles. The molecule has 1 aromatic rings. The number of ether oxygens (including phenoxy) is 1. The van der Waals surface area contributed by atoms with Crippen LogP contribution in [-0.2, 0) is 11.3 Å². The van der Waals surface area contributed by atoms with Gasteiger partial charge in [-0.1, -0.05) is 19.0 Å². The van der Waals surface area contributed by atoms with E-state index < -0.39 is 0 Å². The largest absolute Gasteiger partial charge is 0.377 e. The fourth-order valence-corrected chi connectivity index (χ4v) is 2.53. The summed E-state index contributed by atoms with van der Waals surface area (Å²) in [4.78, 5) is 12.0. The zero-order valence-corrected chi connectivity index (χ0v) is 13.6. The first-order chi connectivity index (χ1) is 9.53. The van der Waals surface area contributed by atoms with E-state index in [1.807, 2.05) is 0 Å². The van der Waals surface area contributed by atoms with Crippen LogP contribution < -0.4 is 10.6 Å². The van der Waals surface area contributed by atoms with Gasteiger partial charge in [-0.2, -0.15) is 0 Å². The van der Waals surface area contributed by atoms with Crippen LogP contribution in [0.15, 0.2) is 10.6 Å². The van der Waals surface area contributed by atoms with Crippen molar-refractivity contribution in [2.75, 3.05) is 20.2 Å². The Kier molecular flexibility index (Phi) is 6.64. The molecule has 0 aliphatic carbocycles. The molecule has 120 valence electrons. The van der Waals surface area contributed by atoms with Gasteiger partial charge in [0.15, 0.2) is 11.5 Å². The van der Waals surface area contributed by atoms with Crippen LogP contribution in [-0.4, -0.2) is 37.3 Å². The Balaban J connectivity index is 0.00000220. The SMILES string of the molecule is COCc1cc(C(=O)NCC2NCCCC2(C)C)no1.Cl. The van der Waals surface area contributed by atoms with Gasteiger partial charge in [0.25, 0.3) is 5.91 Å². The highest BCUT2D eigenvalue weighted by Gasteiger charge is 2.32. The molecule has 2 heterocycles. The topological polar surface area (TPSA) is 76.4 Å². The summed E-state index contributed by atoms with van der Waals surface area (Å²) in [6.45, 7) is 6.37. The number of methoxy groups -OCH3 is 1. The third kappa shape index (κ3) is 4.69. The molecule has 21 heavy (non-hydrogen) atoms. The molecule has 2 N–H and O–H groups in total. The van der Waals surface area contributed by atoms with Gasteiger partial charge < -0.3 is 19.9 Å². The predicted molar refractivity (Wildman–Crippen MR) is 81.6 cm³/mol. The van der Waals surface area contributed by atoms with Crippen LogP contribution in [0.1, 0.15) is 42.9 Å². The van der Waals surface area contributed by atoms with Gasteiger partial charge >= 0.3 is 0 Å². The zero-order chi connectivity index (χ0) is 14.6. The second kappa shape index (κ2) is 7.77. The Morgan fingerprint density at radius 3 is 3.05 bits per heavy atom. The van der Waals surface area contributed by atoms with Crippen molar-refractivity contribution in [1.82, 2.24) is 15.8 Å². The summed E-state index contributed by atoms with van der Waals surface area (Å²) in [6, 6.07) is 1.89. The van der Waals surface area contributed by atoms with Crippen LogP contribution >= 0.6 is 12.4 Å². The van der Waals surface area contributed by atoms with E-state index in [4.69, 9.17) is 9.26 Å². The highest BCUT2D eigenvalue weighted by Crippen LogP contribution is 2.29. The maximum atomic E-state index is 12.0. The molecule has 0 radical (unpaired) electrons. The Labute approximate surface area is 131 Å². The molecule has 0 spiro atoms. The number of aromatic nitrogens is 1. The highest BCUT2D eigenvalue weighted by atomic mass is 35.5. The monoisotopic (exact) mass is 317 g/mol. The lowest BCUT2D eigenvalue weighted by molar-refractivity contribution is 0.0919. The molecular weight excluding hydrogens is 294 g/mol. The van der Waals surface area contributed by atoms with E-state index in [1.165, 1.54) is 12.8 Å². The molecule has 1 amide bonds. The minimum Gasteiger partial charge on any atom is -0.377 e. The third-order valence-corrected chi connectivity index (χ3v) is 3.88. The Hall–Kier alpha value is -1.11. The molecule has 1 aliphatic rings. The van der Waals surface area contributed by atoms with E-state index in [9.17, 15) is 4.79 Å². The van der Waals surface area contributed by atoms with E-state index >= 15 is 0 Å². The zero-order valence-electron chi connectivity index (χ0n) is 12.8. The van der Waals surface area contributed by atoms with Crippen molar-refractivity contribution in [3.05, 3.63) is 17.5 Å². The fraction of sp³-hybridized carbons (Fsp3) is 0.714. The number of hydrogen-bond donors (Lipinski definition) is 2. The van der Waals surface area contributed by atoms with Crippen molar-refractivity contribution in [3.63, 3.8) is 0 Å². The molecule has 1 unspecified atom stereocenters. The molecular formula is C14H24ClN3O3. The van der Waals surface area contributed by atoms with Crippen LogP contribution in [0, 0.1) is 5.41 Å². The van der Waals surface area contributed by atoms with Gasteiger partial charge in [-0.15, -0.1) is 12.4 Å². The normalized spacial score (nSPS) is 20.6. The number of nitrogens with one attached hydrogen (secondary N) is 2. The molecule has 1 aliphatic heterocycles. The fourth-order valence-electron chi connectivity index (χ4n) is 2.53. The number of amides is 1. The average Bonchev–Trinajstić information content (AvgIpc) is 2.86. The van der Waals surface area contributed by atoms with E-state index in [0.717, 1.165) is 6.54 Å². The van der Waals surface area contributed by atoms with Crippen molar-refractivity contribution in [1.29, 1.82) is 0 Å². The van der Waals surface area contributed by atoms with Crippen molar-refractivity contribution in [2.24, 2.45) is 5.41 Å². The predicted octanol–water partition coefficient (Wildman–Crippen LogP) is 1.75. The second-order valence-corrected chi connectivity index (χ2v) is 5.92. The van der Waals surface area contributed by atoms with Crippen LogP contribution in [0.4, 0.5) is 0 Å². The van der Waals surface area contributed by atoms with Gasteiger partial charge in [0.1, 0.15) is 6.61 Å². The summed E-state index contributed by atoms with van der Waals surface area (Å²) in [6.07, 6.45) is 2.35. The number of carbonyl (C=O) groups is 1. The second-order valence-electron chi connectivity index (χ2n) is 5.92. The van der Waals surface area contributed by atoms with Gasteiger partial charge in [-0.3, -0.25) is 4.79 Å². The lowest BCUT2D eigenvalue weighted by Gasteiger charge is -2.39. The molecule has 0 saturated carbocycles. The lowest BCUT2D eigenvalue weighted by Crippen LogP contribution is -2.52. The average molecular weight is 318 g/mol. The van der Waals surface area contributed by atoms with Crippen LogP contribution in [0.25, 0.3) is 0 Å². The summed E-state index contributed by atoms with van der Waals surface area (Å²) in [5.41, 5.74) is 0.488. The van der Waals surface area contributed by atoms with Gasteiger partial charge in [0, 0.05) is 25.8 Å². The van der Waals surface area contributed by atoms with Gasteiger partial charge in [0.2, 0.25) is 0 Å². The van der Waals surface area contributed by atoms with Crippen LogP contribution in [0.3, 0.4) is 0 Å². The number of rotatable bonds is 5. The third-order valence-electron chi connectivity index (χ3n) is 3.88. The Morgan fingerprint density at radius 1 is 1.62 bits per heavy atom. The first kappa shape index (κ1) is 17.9. The van der Waals surface area contributed by atoms with Gasteiger partial charge in [0.05, 0.1) is 0 Å². The summed E-state index contributed by atoms with van der Waals surface area (Å²) in [5.74, 6) is 0.341. The van der Waals surface area contributed by atoms with Crippen LogP contribution in [0.5, 0.6) is 0 Å². The Morgan fingerprint density at radius 2 is 2.38 bits per heavy atom. The number of piperidine rings is 1. The smallest absolute Gasteiger partial charge is 0.273 e. The molecule has 0 aromatic carbocycles. The van der Waals surface area contributed by atoms with Crippen LogP contribution in [0.2, 0.25) is 0 Å². The standard InChI is InChI=1S/C14H23N3O3.ClH/c1-14(2)5-4-6-15-12(14)8-16-13(18)11-7-10(9-19-3)20-17-11;/h7,12,15H,4-6,8-9H2,1-3H3,(H,16,18);1H. The Bertz CT molecular complexity index is 462. The number of halogens is 1. The summed E-state index contributed by atoms with van der Waals surface area (Å²) in [5, 5.41) is 10.1. The molecule has 6 nitrogen and oxygen atoms in total. The maximum Gasteiger partial charge on any atom is 0.273 e. The first-order valence-corrected chi connectivity index (χ1v) is 6.99. The quantitative estimate of drug-likeness (QED) is 0.865. The van der Waals surface area contributed by atoms with E-state index in [0.29, 0.717) is 24.6 Å². The molecule has 7 heteroatoms. The number of nitrogens with zero attached hydrogens (tertiary/aromatic N) is 1. The summed E-state index contributed by atoms with van der Waals surface area (Å²) in [7, 11) is 1.57. The molecule has 2 rings (SSSR count). The van der Waals surface area contributed by atoms with Crippen molar-refractivity contribution < 1.29 is 14.1 Å². The van der Waals surface area contributed by atoms with Crippen molar-refractivity contribution >= 4 is 18.3 Å². The van der Waals surface area contributed by atoms with Gasteiger partial charge in [-0.25, -0.2) is 0 Å². The van der Waals surface area contributed by atoms with Crippen molar-refractivity contribution in [2.45, 2.75) is 39.3 Å². The number of hydrogen-bond acceptors (Lipinski definition) is 5. The lowest BCUT2D eigenvalue weighted by atomic mass is 9.77. The maximum absolute atomic E-state index is 12.0. The van der Waals surface area contributed by atoms with Gasteiger partial charge in [-0.05, 0) is 24.8 Å². The summed E-state index contributed by atoms with van der Waals surface area (Å²) >= 11 is 0. The van der Waals surface area contributed by atoms with E-state index in [2.05, 4.69) is 29.6 Å². The minimum atomic E-state index is -0.209. The molecule has 1 atom stereocenters. The first-order valence-electron chi connectivity index (χ1n) is 6.99. The molecule has 1 fully saturated rings. The molecule has 0 bridgehead atoms.